The van der Waals surface area contributed by atoms with Crippen LogP contribution in [0.15, 0.2) is 30.6 Å². The highest BCUT2D eigenvalue weighted by atomic mass is 35.5. The molecule has 1 N–H and O–H groups in total. The van der Waals surface area contributed by atoms with Gasteiger partial charge in [-0.3, -0.25) is 5.10 Å². The van der Waals surface area contributed by atoms with E-state index in [9.17, 15) is 0 Å². The van der Waals surface area contributed by atoms with Gasteiger partial charge >= 0.3 is 0 Å². The Hall–Kier alpha value is -1.91. The molecule has 8 heteroatoms. The molecule has 0 amide bonds. The topological polar surface area (TPSA) is 60.9 Å². The summed E-state index contributed by atoms with van der Waals surface area (Å²) in [5, 5.41) is 10.5. The van der Waals surface area contributed by atoms with Gasteiger partial charge in [0.25, 0.3) is 0 Å². The van der Waals surface area contributed by atoms with Crippen molar-refractivity contribution >= 4 is 48.8 Å². The molecule has 3 aromatic rings. The van der Waals surface area contributed by atoms with Gasteiger partial charge in [0, 0.05) is 37.3 Å². The molecule has 3 heterocycles. The van der Waals surface area contributed by atoms with Gasteiger partial charge in [0.05, 0.1) is 21.5 Å². The number of piperazine rings is 1. The first kappa shape index (κ1) is 15.4. The largest absolute Gasteiger partial charge is 0.345 e. The quantitative estimate of drug-likeness (QED) is 0.700. The van der Waals surface area contributed by atoms with Crippen LogP contribution in [0.3, 0.4) is 0 Å². The van der Waals surface area contributed by atoms with Gasteiger partial charge in [-0.25, -0.2) is 9.97 Å². The minimum absolute atomic E-state index is 0.114. The third-order valence-corrected chi connectivity index (χ3v) is 5.81. The second-order valence-electron chi connectivity index (χ2n) is 6.82. The van der Waals surface area contributed by atoms with Gasteiger partial charge in [-0.15, -0.1) is 9.24 Å². The van der Waals surface area contributed by atoms with E-state index in [1.807, 2.05) is 30.6 Å². The Morgan fingerprint density at radius 2 is 1.96 bits per heavy atom. The minimum Gasteiger partial charge on any atom is -0.345 e. The lowest BCUT2D eigenvalue weighted by molar-refractivity contribution is 0.500. The zero-order valence-electron chi connectivity index (χ0n) is 13.6. The SMILES string of the molecule is Pc1cnc(N2CCN(c3n[nH]c4cccc(Cl)c34)C3(CC3)C2)nc1. The van der Waals surface area contributed by atoms with Gasteiger partial charge in [-0.05, 0) is 25.0 Å². The number of hydrogen-bond acceptors (Lipinski definition) is 5. The number of nitrogens with one attached hydrogen (secondary N) is 1. The van der Waals surface area contributed by atoms with Crippen molar-refractivity contribution < 1.29 is 0 Å². The maximum Gasteiger partial charge on any atom is 0.225 e. The van der Waals surface area contributed by atoms with Gasteiger partial charge in [-0.2, -0.15) is 5.10 Å². The highest BCUT2D eigenvalue weighted by Crippen LogP contribution is 2.48. The summed E-state index contributed by atoms with van der Waals surface area (Å²) in [6.45, 7) is 2.68. The van der Waals surface area contributed by atoms with Crippen molar-refractivity contribution in [2.24, 2.45) is 0 Å². The molecule has 1 unspecified atom stereocenters. The highest BCUT2D eigenvalue weighted by Gasteiger charge is 2.52. The number of benzene rings is 1. The molecule has 1 aromatic carbocycles. The fourth-order valence-electron chi connectivity index (χ4n) is 3.75. The van der Waals surface area contributed by atoms with Crippen LogP contribution in [0.1, 0.15) is 12.8 Å². The molecule has 1 saturated heterocycles. The standard InChI is InChI=1S/C17H18ClN6P/c18-12-2-1-3-13-14(12)15(22-21-13)24-7-6-23(10-17(24)4-5-17)16-19-8-11(25)9-20-16/h1-3,8-9H,4-7,10,25H2,(H,21,22). The van der Waals surface area contributed by atoms with Gasteiger partial charge in [-0.1, -0.05) is 17.7 Å². The van der Waals surface area contributed by atoms with E-state index < -0.39 is 0 Å². The average Bonchev–Trinajstić information content (AvgIpc) is 3.23. The first-order chi connectivity index (χ1) is 12.2. The minimum atomic E-state index is 0.114. The Balaban J connectivity index is 1.48. The summed E-state index contributed by atoms with van der Waals surface area (Å²) in [5.41, 5.74) is 1.10. The summed E-state index contributed by atoms with van der Waals surface area (Å²) >= 11 is 6.46. The zero-order valence-corrected chi connectivity index (χ0v) is 15.5. The van der Waals surface area contributed by atoms with E-state index in [0.717, 1.165) is 65.5 Å². The third kappa shape index (κ3) is 2.47. The molecular weight excluding hydrogens is 355 g/mol. The predicted molar refractivity (Wildman–Crippen MR) is 104 cm³/mol. The molecule has 1 saturated carbocycles. The van der Waals surface area contributed by atoms with E-state index in [1.54, 1.807) is 0 Å². The number of anilines is 2. The lowest BCUT2D eigenvalue weighted by atomic mass is 10.1. The predicted octanol–water partition coefficient (Wildman–Crippen LogP) is 2.37. The molecule has 1 aliphatic carbocycles. The Morgan fingerprint density at radius 3 is 2.72 bits per heavy atom. The summed E-state index contributed by atoms with van der Waals surface area (Å²) in [7, 11) is 2.63. The van der Waals surface area contributed by atoms with Crippen LogP contribution in [-0.4, -0.2) is 45.3 Å². The molecular formula is C17H18ClN6P. The molecule has 1 atom stereocenters. The van der Waals surface area contributed by atoms with E-state index in [1.165, 1.54) is 0 Å². The summed E-state index contributed by atoms with van der Waals surface area (Å²) in [4.78, 5) is 13.7. The van der Waals surface area contributed by atoms with Crippen LogP contribution >= 0.6 is 20.8 Å². The van der Waals surface area contributed by atoms with E-state index >= 15 is 0 Å². The summed E-state index contributed by atoms with van der Waals surface area (Å²) < 4.78 is 0. The van der Waals surface area contributed by atoms with Gasteiger partial charge in [0.1, 0.15) is 0 Å². The Labute approximate surface area is 152 Å². The average molecular weight is 373 g/mol. The molecule has 25 heavy (non-hydrogen) atoms. The molecule has 6 nitrogen and oxygen atoms in total. The molecule has 2 aliphatic rings. The van der Waals surface area contributed by atoms with Crippen molar-refractivity contribution in [3.8, 4) is 0 Å². The number of nitrogens with zero attached hydrogens (tertiary/aromatic N) is 5. The third-order valence-electron chi connectivity index (χ3n) is 5.19. The van der Waals surface area contributed by atoms with Crippen molar-refractivity contribution in [3.63, 3.8) is 0 Å². The van der Waals surface area contributed by atoms with Crippen LogP contribution < -0.4 is 15.1 Å². The van der Waals surface area contributed by atoms with Gasteiger partial charge < -0.3 is 9.80 Å². The first-order valence-corrected chi connectivity index (χ1v) is 9.35. The van der Waals surface area contributed by atoms with E-state index in [4.69, 9.17) is 11.6 Å². The van der Waals surface area contributed by atoms with Crippen molar-refractivity contribution in [3.05, 3.63) is 35.6 Å². The van der Waals surface area contributed by atoms with Gasteiger partial charge in [0.2, 0.25) is 5.95 Å². The molecule has 2 fully saturated rings. The number of fused-ring (bicyclic) bond motifs is 1. The molecule has 1 aliphatic heterocycles. The van der Waals surface area contributed by atoms with E-state index in [2.05, 4.69) is 39.2 Å². The van der Waals surface area contributed by atoms with Crippen LogP contribution in [0.2, 0.25) is 5.02 Å². The highest BCUT2D eigenvalue weighted by molar-refractivity contribution is 7.27. The molecule has 2 aromatic heterocycles. The summed E-state index contributed by atoms with van der Waals surface area (Å²) in [6, 6.07) is 5.90. The van der Waals surface area contributed by atoms with E-state index in [-0.39, 0.29) is 5.54 Å². The summed E-state index contributed by atoms with van der Waals surface area (Å²) in [6.07, 6.45) is 6.01. The normalized spacial score (nSPS) is 19.0. The van der Waals surface area contributed by atoms with Crippen LogP contribution in [0.4, 0.5) is 11.8 Å². The Morgan fingerprint density at radius 1 is 1.16 bits per heavy atom. The summed E-state index contributed by atoms with van der Waals surface area (Å²) in [5.74, 6) is 1.78. The number of aromatic amines is 1. The fourth-order valence-corrected chi connectivity index (χ4v) is 4.16. The van der Waals surface area contributed by atoms with Crippen LogP contribution in [0, 0.1) is 0 Å². The molecule has 5 rings (SSSR count). The second-order valence-corrected chi connectivity index (χ2v) is 7.90. The molecule has 1 spiro atoms. The fraction of sp³-hybridized carbons (Fsp3) is 0.353. The van der Waals surface area contributed by atoms with Gasteiger partial charge in [0.15, 0.2) is 5.82 Å². The number of rotatable bonds is 2. The first-order valence-electron chi connectivity index (χ1n) is 8.39. The van der Waals surface area contributed by atoms with Crippen molar-refractivity contribution in [1.29, 1.82) is 0 Å². The maximum atomic E-state index is 6.46. The monoisotopic (exact) mass is 372 g/mol. The molecule has 128 valence electrons. The molecule has 0 bridgehead atoms. The van der Waals surface area contributed by atoms with Crippen LogP contribution in [-0.2, 0) is 0 Å². The molecule has 0 radical (unpaired) electrons. The number of aromatic nitrogens is 4. The maximum absolute atomic E-state index is 6.46. The van der Waals surface area contributed by atoms with E-state index in [0.29, 0.717) is 0 Å². The Bertz CT molecular complexity index is 936. The van der Waals surface area contributed by atoms with Crippen molar-refractivity contribution in [1.82, 2.24) is 20.2 Å². The number of H-pyrrole nitrogens is 1. The lowest BCUT2D eigenvalue weighted by Gasteiger charge is -2.42. The van der Waals surface area contributed by atoms with Crippen LogP contribution in [0.5, 0.6) is 0 Å². The van der Waals surface area contributed by atoms with Crippen LogP contribution in [0.25, 0.3) is 10.9 Å². The lowest BCUT2D eigenvalue weighted by Crippen LogP contribution is -2.56. The van der Waals surface area contributed by atoms with Crippen molar-refractivity contribution in [2.45, 2.75) is 18.4 Å². The number of hydrogen-bond donors (Lipinski definition) is 1. The zero-order chi connectivity index (χ0) is 17.0. The number of halogens is 1. The smallest absolute Gasteiger partial charge is 0.225 e. The van der Waals surface area contributed by atoms with Crippen molar-refractivity contribution in [2.75, 3.05) is 29.4 Å². The Kier molecular flexibility index (Phi) is 3.41. The second kappa shape index (κ2) is 5.55.